The van der Waals surface area contributed by atoms with Crippen molar-refractivity contribution >= 4 is 5.97 Å². The van der Waals surface area contributed by atoms with Gasteiger partial charge in [-0.15, -0.1) is 0 Å². The Hall–Kier alpha value is -1.31. The van der Waals surface area contributed by atoms with Gasteiger partial charge < -0.3 is 4.74 Å². The maximum Gasteiger partial charge on any atom is 0.338 e. The Morgan fingerprint density at radius 1 is 1.31 bits per heavy atom. The summed E-state index contributed by atoms with van der Waals surface area (Å²) < 4.78 is 5.25. The van der Waals surface area contributed by atoms with E-state index in [2.05, 4.69) is 6.92 Å². The summed E-state index contributed by atoms with van der Waals surface area (Å²) in [5, 5.41) is 0. The zero-order valence-electron chi connectivity index (χ0n) is 10.5. The Morgan fingerprint density at radius 3 is 2.56 bits per heavy atom. The van der Waals surface area contributed by atoms with Gasteiger partial charge in [0.1, 0.15) is 0 Å². The van der Waals surface area contributed by atoms with Crippen LogP contribution in [0, 0.1) is 5.41 Å². The van der Waals surface area contributed by atoms with E-state index in [1.165, 1.54) is 0 Å². The molecule has 0 spiro atoms. The maximum atomic E-state index is 11.7. The lowest BCUT2D eigenvalue weighted by Crippen LogP contribution is -2.18. The summed E-state index contributed by atoms with van der Waals surface area (Å²) in [6, 6.07) is 7.60. The fraction of sp³-hybridized carbons (Fsp3) is 0.500. The highest BCUT2D eigenvalue weighted by Gasteiger charge is 2.14. The van der Waals surface area contributed by atoms with Gasteiger partial charge in [-0.05, 0) is 29.5 Å². The van der Waals surface area contributed by atoms with Crippen molar-refractivity contribution in [1.82, 2.24) is 0 Å². The first-order valence-corrected chi connectivity index (χ1v) is 5.68. The van der Waals surface area contributed by atoms with E-state index in [1.807, 2.05) is 39.0 Å². The van der Waals surface area contributed by atoms with Gasteiger partial charge in [0.15, 0.2) is 0 Å². The fourth-order valence-corrected chi connectivity index (χ4v) is 1.28. The van der Waals surface area contributed by atoms with Gasteiger partial charge in [0.05, 0.1) is 12.2 Å². The number of hydrogen-bond acceptors (Lipinski definition) is 2. The Labute approximate surface area is 97.6 Å². The van der Waals surface area contributed by atoms with Crippen LogP contribution in [0.5, 0.6) is 0 Å². The van der Waals surface area contributed by atoms with E-state index in [9.17, 15) is 4.79 Å². The molecule has 0 aliphatic rings. The van der Waals surface area contributed by atoms with Gasteiger partial charge in [-0.1, -0.05) is 39.8 Å². The van der Waals surface area contributed by atoms with Crippen LogP contribution >= 0.6 is 0 Å². The van der Waals surface area contributed by atoms with Gasteiger partial charge in [0.2, 0.25) is 0 Å². The monoisotopic (exact) mass is 220 g/mol. The quantitative estimate of drug-likeness (QED) is 0.729. The molecular weight excluding hydrogens is 200 g/mol. The molecule has 0 saturated heterocycles. The van der Waals surface area contributed by atoms with Gasteiger partial charge in [-0.2, -0.15) is 0 Å². The number of carbonyl (C=O) groups excluding carboxylic acids is 1. The first kappa shape index (κ1) is 12.8. The molecule has 0 unspecified atom stereocenters. The van der Waals surface area contributed by atoms with Crippen molar-refractivity contribution in [2.75, 3.05) is 6.61 Å². The second-order valence-corrected chi connectivity index (χ2v) is 5.19. The zero-order valence-corrected chi connectivity index (χ0v) is 10.5. The number of hydrogen-bond donors (Lipinski definition) is 0. The first-order valence-electron chi connectivity index (χ1n) is 5.68. The van der Waals surface area contributed by atoms with Crippen molar-refractivity contribution in [3.8, 4) is 0 Å². The van der Waals surface area contributed by atoms with Crippen molar-refractivity contribution in [2.24, 2.45) is 5.41 Å². The molecule has 1 rings (SSSR count). The average molecular weight is 220 g/mol. The number of benzene rings is 1. The van der Waals surface area contributed by atoms with E-state index in [0.29, 0.717) is 12.2 Å². The van der Waals surface area contributed by atoms with Gasteiger partial charge in [-0.3, -0.25) is 0 Å². The average Bonchev–Trinajstić information content (AvgIpc) is 2.25. The van der Waals surface area contributed by atoms with Crippen LogP contribution in [0.3, 0.4) is 0 Å². The second-order valence-electron chi connectivity index (χ2n) is 5.19. The minimum atomic E-state index is -0.231. The molecule has 0 fully saturated rings. The number of rotatable bonds is 3. The lowest BCUT2D eigenvalue weighted by Gasteiger charge is -2.17. The number of carbonyl (C=O) groups is 1. The molecule has 0 radical (unpaired) electrons. The third-order valence-electron chi connectivity index (χ3n) is 2.21. The van der Waals surface area contributed by atoms with E-state index in [4.69, 9.17) is 4.74 Å². The normalized spacial score (nSPS) is 11.2. The Morgan fingerprint density at radius 2 is 2.00 bits per heavy atom. The summed E-state index contributed by atoms with van der Waals surface area (Å²) >= 11 is 0. The molecule has 0 bridgehead atoms. The highest BCUT2D eigenvalue weighted by atomic mass is 16.5. The van der Waals surface area contributed by atoms with Crippen molar-refractivity contribution in [3.05, 3.63) is 35.4 Å². The third kappa shape index (κ3) is 4.05. The predicted octanol–water partition coefficient (Wildman–Crippen LogP) is 3.45. The van der Waals surface area contributed by atoms with E-state index in [1.54, 1.807) is 6.07 Å². The van der Waals surface area contributed by atoms with Gasteiger partial charge in [0.25, 0.3) is 0 Å². The highest BCUT2D eigenvalue weighted by Crippen LogP contribution is 2.15. The maximum absolute atomic E-state index is 11.7. The molecule has 1 aromatic carbocycles. The first-order chi connectivity index (χ1) is 7.42. The van der Waals surface area contributed by atoms with Crippen LogP contribution in [-0.2, 0) is 11.2 Å². The molecule has 0 aliphatic carbocycles. The van der Waals surface area contributed by atoms with E-state index in [-0.39, 0.29) is 11.4 Å². The van der Waals surface area contributed by atoms with Crippen LogP contribution in [0.15, 0.2) is 24.3 Å². The molecule has 0 amide bonds. The molecular formula is C14H20O2. The van der Waals surface area contributed by atoms with Gasteiger partial charge in [-0.25, -0.2) is 4.79 Å². The topological polar surface area (TPSA) is 26.3 Å². The summed E-state index contributed by atoms with van der Waals surface area (Å²) in [5.41, 5.74) is 1.81. The Bertz CT molecular complexity index is 361. The van der Waals surface area contributed by atoms with Crippen LogP contribution in [-0.4, -0.2) is 12.6 Å². The minimum Gasteiger partial charge on any atom is -0.462 e. The van der Waals surface area contributed by atoms with Crippen molar-refractivity contribution in [3.63, 3.8) is 0 Å². The summed E-state index contributed by atoms with van der Waals surface area (Å²) in [5.74, 6) is -0.231. The molecule has 2 heteroatoms. The van der Waals surface area contributed by atoms with Gasteiger partial charge >= 0.3 is 5.97 Å². The molecule has 88 valence electrons. The van der Waals surface area contributed by atoms with Crippen molar-refractivity contribution in [1.29, 1.82) is 0 Å². The molecule has 0 heterocycles. The molecule has 1 aromatic rings. The molecule has 0 aliphatic heterocycles. The zero-order chi connectivity index (χ0) is 12.2. The van der Waals surface area contributed by atoms with E-state index >= 15 is 0 Å². The standard InChI is InChI=1S/C14H20O2/c1-5-11-7-6-8-12(9-11)13(15)16-10-14(2,3)4/h6-9H,5,10H2,1-4H3. The third-order valence-corrected chi connectivity index (χ3v) is 2.21. The Kier molecular flexibility index (Phi) is 4.11. The largest absolute Gasteiger partial charge is 0.462 e. The second kappa shape index (κ2) is 5.15. The van der Waals surface area contributed by atoms with Crippen LogP contribution in [0.4, 0.5) is 0 Å². The molecule has 0 atom stereocenters. The van der Waals surface area contributed by atoms with E-state index in [0.717, 1.165) is 12.0 Å². The highest BCUT2D eigenvalue weighted by molar-refractivity contribution is 5.89. The van der Waals surface area contributed by atoms with Crippen LogP contribution in [0.1, 0.15) is 43.6 Å². The van der Waals surface area contributed by atoms with E-state index < -0.39 is 0 Å². The predicted molar refractivity (Wildman–Crippen MR) is 65.6 cm³/mol. The smallest absolute Gasteiger partial charge is 0.338 e. The van der Waals surface area contributed by atoms with Crippen LogP contribution < -0.4 is 0 Å². The number of ether oxygens (including phenoxy) is 1. The lowest BCUT2D eigenvalue weighted by molar-refractivity contribution is 0.0367. The fourth-order valence-electron chi connectivity index (χ4n) is 1.28. The SMILES string of the molecule is CCc1cccc(C(=O)OCC(C)(C)C)c1. The number of aryl methyl sites for hydroxylation is 1. The molecule has 0 aromatic heterocycles. The molecule has 16 heavy (non-hydrogen) atoms. The molecule has 2 nitrogen and oxygen atoms in total. The summed E-state index contributed by atoms with van der Waals surface area (Å²) in [6.07, 6.45) is 0.931. The Balaban J connectivity index is 2.66. The lowest BCUT2D eigenvalue weighted by atomic mass is 9.99. The van der Waals surface area contributed by atoms with Gasteiger partial charge in [0, 0.05) is 0 Å². The number of esters is 1. The van der Waals surface area contributed by atoms with Crippen molar-refractivity contribution in [2.45, 2.75) is 34.1 Å². The van der Waals surface area contributed by atoms with Crippen LogP contribution in [0.2, 0.25) is 0 Å². The minimum absolute atomic E-state index is 0.0119. The van der Waals surface area contributed by atoms with Crippen LogP contribution in [0.25, 0.3) is 0 Å². The summed E-state index contributed by atoms with van der Waals surface area (Å²) in [6.45, 7) is 8.65. The summed E-state index contributed by atoms with van der Waals surface area (Å²) in [4.78, 5) is 11.7. The molecule has 0 saturated carbocycles. The summed E-state index contributed by atoms with van der Waals surface area (Å²) in [7, 11) is 0. The molecule has 0 N–H and O–H groups in total. The van der Waals surface area contributed by atoms with Crippen molar-refractivity contribution < 1.29 is 9.53 Å².